The van der Waals surface area contributed by atoms with Crippen LogP contribution in [-0.4, -0.2) is 28.7 Å². The largest absolute Gasteiger partial charge is 0.336 e. The quantitative estimate of drug-likeness (QED) is 0.832. The Bertz CT molecular complexity index is 688. The number of imidazole rings is 1. The summed E-state index contributed by atoms with van der Waals surface area (Å²) in [5, 5.41) is 0. The first-order chi connectivity index (χ1) is 9.06. The molecule has 1 amide bonds. The zero-order chi connectivity index (χ0) is 13.6. The highest BCUT2D eigenvalue weighted by Crippen LogP contribution is 2.31. The van der Waals surface area contributed by atoms with E-state index in [9.17, 15) is 9.59 Å². The van der Waals surface area contributed by atoms with Crippen LogP contribution in [0.4, 0.5) is 5.69 Å². The molecule has 1 N–H and O–H groups in total. The summed E-state index contributed by atoms with van der Waals surface area (Å²) in [5.74, 6) is 0.354. The molecule has 0 spiro atoms. The molecule has 0 saturated carbocycles. The Morgan fingerprint density at radius 1 is 1.42 bits per heavy atom. The summed E-state index contributed by atoms with van der Waals surface area (Å²) in [4.78, 5) is 31.5. The normalized spacial score (nSPS) is 13.8. The molecule has 0 fully saturated rings. The Morgan fingerprint density at radius 3 is 2.89 bits per heavy atom. The van der Waals surface area contributed by atoms with Crippen molar-refractivity contribution in [2.24, 2.45) is 0 Å². The van der Waals surface area contributed by atoms with Gasteiger partial charge in [-0.05, 0) is 23.3 Å². The number of anilines is 1. The zero-order valence-corrected chi connectivity index (χ0v) is 10.7. The van der Waals surface area contributed by atoms with Crippen molar-refractivity contribution in [2.75, 3.05) is 11.9 Å². The molecule has 0 aliphatic carbocycles. The van der Waals surface area contributed by atoms with Gasteiger partial charge in [-0.15, -0.1) is 0 Å². The minimum Gasteiger partial charge on any atom is -0.336 e. The number of ketones is 1. The molecule has 0 atom stereocenters. The first-order valence-corrected chi connectivity index (χ1v) is 6.02. The zero-order valence-electron chi connectivity index (χ0n) is 10.7. The molecule has 2 aromatic rings. The number of nitrogens with one attached hydrogen (secondary N) is 1. The summed E-state index contributed by atoms with van der Waals surface area (Å²) in [5.41, 5.74) is 3.67. The first-order valence-electron chi connectivity index (χ1n) is 6.02. The molecular weight excluding hydrogens is 242 g/mol. The maximum Gasteiger partial charge on any atom is 0.231 e. The summed E-state index contributed by atoms with van der Waals surface area (Å²) in [7, 11) is 1.78. The lowest BCUT2D eigenvalue weighted by atomic mass is 10.1. The van der Waals surface area contributed by atoms with Crippen LogP contribution in [0.5, 0.6) is 0 Å². The Labute approximate surface area is 110 Å². The number of nitrogens with zero attached hydrogens (tertiary/aromatic N) is 2. The van der Waals surface area contributed by atoms with Crippen LogP contribution in [0.25, 0.3) is 11.3 Å². The molecule has 2 heterocycles. The van der Waals surface area contributed by atoms with Gasteiger partial charge in [-0.3, -0.25) is 9.59 Å². The maximum atomic E-state index is 11.6. The van der Waals surface area contributed by atoms with Crippen LogP contribution < -0.4 is 4.90 Å². The monoisotopic (exact) mass is 255 g/mol. The molecule has 0 bridgehead atoms. The van der Waals surface area contributed by atoms with Crippen LogP contribution in [0, 0.1) is 0 Å². The molecule has 96 valence electrons. The van der Waals surface area contributed by atoms with Gasteiger partial charge in [0.2, 0.25) is 5.91 Å². The maximum absolute atomic E-state index is 11.6. The van der Waals surface area contributed by atoms with Gasteiger partial charge in [-0.25, -0.2) is 4.98 Å². The Morgan fingerprint density at radius 2 is 2.21 bits per heavy atom. The van der Waals surface area contributed by atoms with Gasteiger partial charge in [0.05, 0.1) is 18.3 Å². The van der Waals surface area contributed by atoms with E-state index in [4.69, 9.17) is 0 Å². The second kappa shape index (κ2) is 4.05. The number of benzene rings is 1. The minimum absolute atomic E-state index is 0.0951. The van der Waals surface area contributed by atoms with Gasteiger partial charge < -0.3 is 9.88 Å². The lowest BCUT2D eigenvalue weighted by molar-refractivity contribution is -0.117. The molecule has 1 aliphatic rings. The van der Waals surface area contributed by atoms with Gasteiger partial charge >= 0.3 is 0 Å². The van der Waals surface area contributed by atoms with E-state index < -0.39 is 0 Å². The molecule has 5 nitrogen and oxygen atoms in total. The van der Waals surface area contributed by atoms with E-state index in [0.717, 1.165) is 22.5 Å². The summed E-state index contributed by atoms with van der Waals surface area (Å²) < 4.78 is 0. The average Bonchev–Trinajstić information content (AvgIpc) is 2.96. The molecule has 3 rings (SSSR count). The first kappa shape index (κ1) is 11.6. The van der Waals surface area contributed by atoms with E-state index in [1.807, 2.05) is 18.2 Å². The summed E-state index contributed by atoms with van der Waals surface area (Å²) in [6.07, 6.45) is 2.06. The van der Waals surface area contributed by atoms with Crippen LogP contribution in [0.3, 0.4) is 0 Å². The summed E-state index contributed by atoms with van der Waals surface area (Å²) in [6.45, 7) is 1.47. The third-order valence-electron chi connectivity index (χ3n) is 3.38. The van der Waals surface area contributed by atoms with E-state index in [0.29, 0.717) is 12.2 Å². The van der Waals surface area contributed by atoms with Crippen LogP contribution in [0.15, 0.2) is 24.4 Å². The molecule has 19 heavy (non-hydrogen) atoms. The Kier molecular flexibility index (Phi) is 2.48. The number of Topliss-reactive ketones (excluding diaryl/α,β-unsaturated/α-hetero) is 1. The molecule has 1 aromatic carbocycles. The van der Waals surface area contributed by atoms with Gasteiger partial charge in [-0.1, -0.05) is 6.07 Å². The molecular formula is C14H13N3O2. The van der Waals surface area contributed by atoms with E-state index in [1.165, 1.54) is 6.92 Å². The van der Waals surface area contributed by atoms with Gasteiger partial charge in [0.25, 0.3) is 0 Å². The predicted octanol–water partition coefficient (Wildman–Crippen LogP) is 1.80. The lowest BCUT2D eigenvalue weighted by Crippen LogP contribution is -2.20. The fourth-order valence-electron chi connectivity index (χ4n) is 2.28. The van der Waals surface area contributed by atoms with Crippen molar-refractivity contribution in [3.8, 4) is 11.3 Å². The summed E-state index contributed by atoms with van der Waals surface area (Å²) >= 11 is 0. The number of likely N-dealkylation sites (N-methyl/N-ethyl adjacent to an activating group) is 1. The predicted molar refractivity (Wildman–Crippen MR) is 71.1 cm³/mol. The number of carbonyl (C=O) groups is 2. The number of H-pyrrole nitrogens is 1. The highest BCUT2D eigenvalue weighted by Gasteiger charge is 2.24. The molecule has 5 heteroatoms. The minimum atomic E-state index is -0.0951. The fourth-order valence-corrected chi connectivity index (χ4v) is 2.28. The van der Waals surface area contributed by atoms with Gasteiger partial charge in [0.1, 0.15) is 0 Å². The van der Waals surface area contributed by atoms with E-state index in [-0.39, 0.29) is 11.7 Å². The number of aromatic nitrogens is 2. The smallest absolute Gasteiger partial charge is 0.231 e. The van der Waals surface area contributed by atoms with Crippen molar-refractivity contribution >= 4 is 17.4 Å². The number of carbonyl (C=O) groups excluding carboxylic acids is 2. The third-order valence-corrected chi connectivity index (χ3v) is 3.38. The summed E-state index contributed by atoms with van der Waals surface area (Å²) in [6, 6.07) is 5.81. The SMILES string of the molecule is CC(=O)c1ncc(-c2ccc3c(c2)CC(=O)N3C)[nH]1. The Hall–Kier alpha value is -2.43. The van der Waals surface area contributed by atoms with Crippen molar-refractivity contribution < 1.29 is 9.59 Å². The van der Waals surface area contributed by atoms with Crippen LogP contribution >= 0.6 is 0 Å². The van der Waals surface area contributed by atoms with Crippen molar-refractivity contribution in [2.45, 2.75) is 13.3 Å². The highest BCUT2D eigenvalue weighted by molar-refractivity contribution is 6.01. The topological polar surface area (TPSA) is 66.1 Å². The molecule has 1 aromatic heterocycles. The fraction of sp³-hybridized carbons (Fsp3) is 0.214. The third kappa shape index (κ3) is 1.83. The lowest BCUT2D eigenvalue weighted by Gasteiger charge is -2.10. The van der Waals surface area contributed by atoms with Crippen LogP contribution in [0.1, 0.15) is 23.1 Å². The average molecular weight is 255 g/mol. The van der Waals surface area contributed by atoms with Crippen LogP contribution in [0.2, 0.25) is 0 Å². The van der Waals surface area contributed by atoms with Gasteiger partial charge in [0, 0.05) is 19.7 Å². The second-order valence-electron chi connectivity index (χ2n) is 4.67. The standard InChI is InChI=1S/C14H13N3O2/c1-8(18)14-15-7-11(16-14)9-3-4-12-10(5-9)6-13(19)17(12)2/h3-5,7H,6H2,1-2H3,(H,15,16). The molecule has 0 radical (unpaired) electrons. The highest BCUT2D eigenvalue weighted by atomic mass is 16.2. The molecule has 1 aliphatic heterocycles. The molecule has 0 saturated heterocycles. The van der Waals surface area contributed by atoms with Gasteiger partial charge in [-0.2, -0.15) is 0 Å². The van der Waals surface area contributed by atoms with E-state index in [2.05, 4.69) is 9.97 Å². The number of fused-ring (bicyclic) bond motifs is 1. The van der Waals surface area contributed by atoms with Crippen molar-refractivity contribution in [1.82, 2.24) is 9.97 Å². The van der Waals surface area contributed by atoms with Crippen molar-refractivity contribution in [1.29, 1.82) is 0 Å². The van der Waals surface area contributed by atoms with E-state index in [1.54, 1.807) is 18.1 Å². The van der Waals surface area contributed by atoms with E-state index >= 15 is 0 Å². The number of aromatic amines is 1. The number of hydrogen-bond acceptors (Lipinski definition) is 3. The number of rotatable bonds is 2. The van der Waals surface area contributed by atoms with Gasteiger partial charge in [0.15, 0.2) is 11.6 Å². The van der Waals surface area contributed by atoms with Crippen molar-refractivity contribution in [3.05, 3.63) is 35.8 Å². The van der Waals surface area contributed by atoms with Crippen molar-refractivity contribution in [3.63, 3.8) is 0 Å². The molecule has 0 unspecified atom stereocenters. The van der Waals surface area contributed by atoms with Crippen LogP contribution in [-0.2, 0) is 11.2 Å². The number of amides is 1. The Balaban J connectivity index is 2.01. The number of hydrogen-bond donors (Lipinski definition) is 1. The second-order valence-corrected chi connectivity index (χ2v) is 4.67.